The fourth-order valence-corrected chi connectivity index (χ4v) is 2.28. The highest BCUT2D eigenvalue weighted by molar-refractivity contribution is 6.32. The van der Waals surface area contributed by atoms with Crippen LogP contribution < -0.4 is 20.7 Å². The zero-order valence-electron chi connectivity index (χ0n) is 14.1. The minimum Gasteiger partial charge on any atom is -0.494 e. The molecular formula is C17H19ClN4O3. The molecule has 0 saturated heterocycles. The lowest BCUT2D eigenvalue weighted by Crippen LogP contribution is -2.32. The van der Waals surface area contributed by atoms with Gasteiger partial charge >= 0.3 is 0 Å². The number of amides is 2. The van der Waals surface area contributed by atoms with Crippen molar-refractivity contribution in [1.29, 1.82) is 0 Å². The third-order valence-corrected chi connectivity index (χ3v) is 3.61. The number of pyridine rings is 1. The van der Waals surface area contributed by atoms with Gasteiger partial charge in [-0.15, -0.1) is 0 Å². The topological polar surface area (TPSA) is 92.3 Å². The molecule has 0 aliphatic rings. The fraction of sp³-hybridized carbons (Fsp3) is 0.235. The van der Waals surface area contributed by atoms with Crippen molar-refractivity contribution in [2.24, 2.45) is 0 Å². The van der Waals surface area contributed by atoms with Gasteiger partial charge in [-0.2, -0.15) is 0 Å². The molecule has 1 atom stereocenters. The molecule has 25 heavy (non-hydrogen) atoms. The molecule has 7 nitrogen and oxygen atoms in total. The van der Waals surface area contributed by atoms with Crippen LogP contribution in [0.25, 0.3) is 0 Å². The average Bonchev–Trinajstić information content (AvgIpc) is 2.57. The number of methoxy groups -OCH3 is 1. The van der Waals surface area contributed by atoms with E-state index in [2.05, 4.69) is 20.9 Å². The van der Waals surface area contributed by atoms with Gasteiger partial charge in [0.25, 0.3) is 0 Å². The summed E-state index contributed by atoms with van der Waals surface area (Å²) in [6.07, 6.45) is 1.54. The number of carbonyl (C=O) groups is 2. The molecule has 0 unspecified atom stereocenters. The maximum atomic E-state index is 12.3. The van der Waals surface area contributed by atoms with Crippen LogP contribution in [0.3, 0.4) is 0 Å². The van der Waals surface area contributed by atoms with E-state index in [-0.39, 0.29) is 17.0 Å². The molecule has 2 amide bonds. The first-order valence-corrected chi connectivity index (χ1v) is 7.92. The third kappa shape index (κ3) is 5.09. The molecule has 1 aromatic carbocycles. The average molecular weight is 363 g/mol. The van der Waals surface area contributed by atoms with E-state index in [4.69, 9.17) is 16.3 Å². The highest BCUT2D eigenvalue weighted by Gasteiger charge is 2.15. The molecule has 0 aliphatic carbocycles. The molecular weight excluding hydrogens is 344 g/mol. The molecule has 1 heterocycles. The number of hydrogen-bond donors (Lipinski definition) is 3. The van der Waals surface area contributed by atoms with Gasteiger partial charge in [-0.1, -0.05) is 11.6 Å². The van der Waals surface area contributed by atoms with Crippen LogP contribution in [0, 0.1) is 0 Å². The molecule has 0 spiro atoms. The van der Waals surface area contributed by atoms with E-state index < -0.39 is 6.04 Å². The zero-order chi connectivity index (χ0) is 18.4. The Hall–Kier alpha value is -2.80. The smallest absolute Gasteiger partial charge is 0.246 e. The van der Waals surface area contributed by atoms with Gasteiger partial charge in [0.1, 0.15) is 11.8 Å². The molecule has 132 valence electrons. The summed E-state index contributed by atoms with van der Waals surface area (Å²) >= 11 is 5.93. The van der Waals surface area contributed by atoms with E-state index in [0.717, 1.165) is 0 Å². The Kier molecular flexibility index (Phi) is 6.19. The van der Waals surface area contributed by atoms with Crippen molar-refractivity contribution >= 4 is 40.5 Å². The summed E-state index contributed by atoms with van der Waals surface area (Å²) in [5.41, 5.74) is 1.67. The first kappa shape index (κ1) is 18.5. The van der Waals surface area contributed by atoms with Crippen molar-refractivity contribution < 1.29 is 14.3 Å². The van der Waals surface area contributed by atoms with Gasteiger partial charge < -0.3 is 20.7 Å². The predicted molar refractivity (Wildman–Crippen MR) is 98.3 cm³/mol. The molecule has 0 radical (unpaired) electrons. The predicted octanol–water partition coefficient (Wildman–Crippen LogP) is 3.14. The van der Waals surface area contributed by atoms with E-state index in [1.54, 1.807) is 43.5 Å². The number of carbonyl (C=O) groups excluding carboxylic acids is 2. The summed E-state index contributed by atoms with van der Waals surface area (Å²) in [6, 6.07) is 7.97. The van der Waals surface area contributed by atoms with E-state index in [1.807, 2.05) is 0 Å². The first-order valence-electron chi connectivity index (χ1n) is 7.54. The first-order chi connectivity index (χ1) is 11.9. The van der Waals surface area contributed by atoms with Crippen molar-refractivity contribution in [1.82, 2.24) is 4.98 Å². The maximum absolute atomic E-state index is 12.3. The Morgan fingerprint density at radius 1 is 1.20 bits per heavy atom. The number of ether oxygens (including phenoxy) is 1. The van der Waals surface area contributed by atoms with Gasteiger partial charge in [0.2, 0.25) is 11.8 Å². The van der Waals surface area contributed by atoms with Crippen molar-refractivity contribution in [3.63, 3.8) is 0 Å². The minimum absolute atomic E-state index is 0.194. The third-order valence-electron chi connectivity index (χ3n) is 3.31. The number of aromatic nitrogens is 1. The van der Waals surface area contributed by atoms with Crippen LogP contribution in [0.2, 0.25) is 5.15 Å². The van der Waals surface area contributed by atoms with Crippen molar-refractivity contribution in [2.45, 2.75) is 19.9 Å². The van der Waals surface area contributed by atoms with E-state index in [9.17, 15) is 9.59 Å². The number of nitrogens with one attached hydrogen (secondary N) is 3. The molecule has 2 aromatic rings. The van der Waals surface area contributed by atoms with Gasteiger partial charge in [0.15, 0.2) is 5.15 Å². The van der Waals surface area contributed by atoms with Crippen molar-refractivity contribution in [3.05, 3.63) is 41.7 Å². The lowest BCUT2D eigenvalue weighted by Gasteiger charge is -2.17. The van der Waals surface area contributed by atoms with Crippen LogP contribution in [-0.2, 0) is 9.59 Å². The Morgan fingerprint density at radius 2 is 1.96 bits per heavy atom. The van der Waals surface area contributed by atoms with Crippen LogP contribution >= 0.6 is 11.6 Å². The summed E-state index contributed by atoms with van der Waals surface area (Å²) in [4.78, 5) is 27.4. The van der Waals surface area contributed by atoms with Gasteiger partial charge in [0, 0.05) is 24.9 Å². The number of anilines is 3. The van der Waals surface area contributed by atoms with E-state index in [0.29, 0.717) is 22.8 Å². The highest BCUT2D eigenvalue weighted by Crippen LogP contribution is 2.28. The molecule has 2 rings (SSSR count). The molecule has 3 N–H and O–H groups in total. The van der Waals surface area contributed by atoms with Crippen molar-refractivity contribution in [3.8, 4) is 5.75 Å². The number of hydrogen-bond acceptors (Lipinski definition) is 5. The van der Waals surface area contributed by atoms with Gasteiger partial charge in [-0.05, 0) is 31.2 Å². The van der Waals surface area contributed by atoms with Crippen LogP contribution in [0.1, 0.15) is 13.8 Å². The van der Waals surface area contributed by atoms with Gasteiger partial charge in [-0.25, -0.2) is 4.98 Å². The molecule has 0 saturated carbocycles. The highest BCUT2D eigenvalue weighted by atomic mass is 35.5. The zero-order valence-corrected chi connectivity index (χ0v) is 14.8. The summed E-state index contributed by atoms with van der Waals surface area (Å²) in [7, 11) is 1.50. The molecule has 0 fully saturated rings. The minimum atomic E-state index is -0.535. The number of nitrogens with zero attached hydrogens (tertiary/aromatic N) is 1. The quantitative estimate of drug-likeness (QED) is 0.686. The van der Waals surface area contributed by atoms with Crippen LogP contribution in [0.4, 0.5) is 17.1 Å². The van der Waals surface area contributed by atoms with Gasteiger partial charge in [0.05, 0.1) is 18.5 Å². The summed E-state index contributed by atoms with van der Waals surface area (Å²) < 4.78 is 5.26. The summed E-state index contributed by atoms with van der Waals surface area (Å²) in [5.74, 6) is 0.0306. The number of halogens is 1. The van der Waals surface area contributed by atoms with Crippen LogP contribution in [0.5, 0.6) is 5.75 Å². The summed E-state index contributed by atoms with van der Waals surface area (Å²) in [5, 5.41) is 8.68. The normalized spacial score (nSPS) is 11.4. The second-order valence-corrected chi connectivity index (χ2v) is 5.65. The Labute approximate surface area is 150 Å². The Morgan fingerprint density at radius 3 is 2.60 bits per heavy atom. The SMILES string of the molecule is COc1cc(N[C@H](C)C(=O)Nc2cccnc2Cl)ccc1NC(C)=O. The number of rotatable bonds is 6. The van der Waals surface area contributed by atoms with Crippen LogP contribution in [0.15, 0.2) is 36.5 Å². The van der Waals surface area contributed by atoms with Gasteiger partial charge in [-0.3, -0.25) is 9.59 Å². The number of benzene rings is 1. The molecule has 0 bridgehead atoms. The van der Waals surface area contributed by atoms with Crippen LogP contribution in [-0.4, -0.2) is 29.9 Å². The molecule has 0 aliphatic heterocycles. The monoisotopic (exact) mass is 362 g/mol. The molecule has 1 aromatic heterocycles. The lowest BCUT2D eigenvalue weighted by molar-refractivity contribution is -0.116. The lowest BCUT2D eigenvalue weighted by atomic mass is 10.2. The Bertz CT molecular complexity index is 782. The van der Waals surface area contributed by atoms with Crippen molar-refractivity contribution in [2.75, 3.05) is 23.1 Å². The Balaban J connectivity index is 2.06. The fourth-order valence-electron chi connectivity index (χ4n) is 2.11. The largest absolute Gasteiger partial charge is 0.494 e. The second kappa shape index (κ2) is 8.34. The second-order valence-electron chi connectivity index (χ2n) is 5.29. The maximum Gasteiger partial charge on any atom is 0.246 e. The van der Waals surface area contributed by atoms with E-state index >= 15 is 0 Å². The molecule has 8 heteroatoms. The standard InChI is InChI=1S/C17H19ClN4O3/c1-10(17(24)22-14-5-4-8-19-16(14)18)20-12-6-7-13(21-11(2)23)15(9-12)25-3/h4-10,20H,1-3H3,(H,21,23)(H,22,24)/t10-/m1/s1. The van der Waals surface area contributed by atoms with E-state index in [1.165, 1.54) is 14.0 Å². The summed E-state index contributed by atoms with van der Waals surface area (Å²) in [6.45, 7) is 3.13.